The second-order valence-corrected chi connectivity index (χ2v) is 11.3. The first-order chi connectivity index (χ1) is 15.1. The molecule has 5 heteroatoms. The maximum absolute atomic E-state index is 10.5. The molecule has 0 radical (unpaired) electrons. The molecule has 0 saturated carbocycles. The van der Waals surface area contributed by atoms with Gasteiger partial charge in [0, 0.05) is 5.75 Å². The molecule has 0 aliphatic heterocycles. The van der Waals surface area contributed by atoms with Gasteiger partial charge in [0.2, 0.25) is 0 Å². The van der Waals surface area contributed by atoms with Crippen LogP contribution < -0.4 is 51.4 Å². The molecule has 0 atom stereocenters. The molecule has 0 aromatic rings. The second kappa shape index (κ2) is 28.8. The van der Waals surface area contributed by atoms with E-state index in [0.29, 0.717) is 6.42 Å². The van der Waals surface area contributed by atoms with Gasteiger partial charge in [0.05, 0.1) is 10.1 Å². The molecule has 0 aliphatic carbocycles. The van der Waals surface area contributed by atoms with Gasteiger partial charge in [-0.15, -0.1) is 0 Å². The van der Waals surface area contributed by atoms with Crippen molar-refractivity contribution < 1.29 is 64.4 Å². The smallest absolute Gasteiger partial charge is 0.748 e. The standard InChI is InChI=1S/C27H56O3S.K/c1-2-3-4-5-6-7-8-9-10-11-12-13-14-15-16-17-18-19-20-21-22-23-24-25-26-27-31(28,29)30;/h2-27H2,1H3,(H,28,29,30);/q;+1/p-1. The SMILES string of the molecule is CCCCCCCCCCCCCCCCCCCCCCCCCCCS(=O)(=O)[O-].[K+]. The van der Waals surface area contributed by atoms with Gasteiger partial charge in [-0.1, -0.05) is 161 Å². The average molecular weight is 499 g/mol. The van der Waals surface area contributed by atoms with Crippen LogP contribution in [0.4, 0.5) is 0 Å². The van der Waals surface area contributed by atoms with E-state index in [1.54, 1.807) is 0 Å². The fraction of sp³-hybridized carbons (Fsp3) is 1.00. The van der Waals surface area contributed by atoms with Crippen molar-refractivity contribution in [3.05, 3.63) is 0 Å². The number of rotatable bonds is 26. The maximum atomic E-state index is 10.5. The van der Waals surface area contributed by atoms with Gasteiger partial charge >= 0.3 is 51.4 Å². The summed E-state index contributed by atoms with van der Waals surface area (Å²) in [7, 11) is -4.00. The first-order valence-electron chi connectivity index (χ1n) is 14.0. The Balaban J connectivity index is 0. The Labute approximate surface area is 245 Å². The third-order valence-electron chi connectivity index (χ3n) is 6.50. The van der Waals surface area contributed by atoms with Crippen LogP contribution in [0.15, 0.2) is 0 Å². The Hall–Kier alpha value is 1.55. The van der Waals surface area contributed by atoms with Gasteiger partial charge in [0.25, 0.3) is 0 Å². The molecule has 0 heterocycles. The molecule has 0 bridgehead atoms. The summed E-state index contributed by atoms with van der Waals surface area (Å²) in [5.74, 6) is -0.188. The minimum atomic E-state index is -4.00. The fourth-order valence-electron chi connectivity index (χ4n) is 4.42. The molecule has 0 N–H and O–H groups in total. The third kappa shape index (κ3) is 33.7. The zero-order valence-electron chi connectivity index (χ0n) is 22.0. The average Bonchev–Trinajstić information content (AvgIpc) is 2.73. The first kappa shape index (κ1) is 35.7. The molecule has 0 amide bonds. The van der Waals surface area contributed by atoms with Crippen LogP contribution in [0.3, 0.4) is 0 Å². The van der Waals surface area contributed by atoms with E-state index in [2.05, 4.69) is 6.92 Å². The van der Waals surface area contributed by atoms with E-state index in [9.17, 15) is 13.0 Å². The summed E-state index contributed by atoms with van der Waals surface area (Å²) in [6, 6.07) is 0. The zero-order chi connectivity index (χ0) is 22.9. The number of hydrogen-bond acceptors (Lipinski definition) is 3. The molecule has 0 spiro atoms. The molecule has 188 valence electrons. The van der Waals surface area contributed by atoms with Crippen molar-refractivity contribution in [2.45, 2.75) is 167 Å². The second-order valence-electron chi connectivity index (χ2n) is 9.75. The molecule has 0 rings (SSSR count). The minimum Gasteiger partial charge on any atom is -0.748 e. The summed E-state index contributed by atoms with van der Waals surface area (Å²) in [6.45, 7) is 2.29. The van der Waals surface area contributed by atoms with E-state index in [4.69, 9.17) is 0 Å². The Morgan fingerprint density at radius 1 is 0.406 bits per heavy atom. The van der Waals surface area contributed by atoms with Crippen LogP contribution in [0.1, 0.15) is 167 Å². The van der Waals surface area contributed by atoms with Crippen LogP contribution in [0, 0.1) is 0 Å². The fourth-order valence-corrected chi connectivity index (χ4v) is 4.98. The van der Waals surface area contributed by atoms with Crippen molar-refractivity contribution in [2.24, 2.45) is 0 Å². The summed E-state index contributed by atoms with van der Waals surface area (Å²) in [5, 5.41) is 0. The minimum absolute atomic E-state index is 0. The van der Waals surface area contributed by atoms with Gasteiger partial charge < -0.3 is 4.55 Å². The van der Waals surface area contributed by atoms with Crippen LogP contribution in [0.2, 0.25) is 0 Å². The first-order valence-corrected chi connectivity index (χ1v) is 15.6. The Morgan fingerprint density at radius 2 is 0.594 bits per heavy atom. The third-order valence-corrected chi connectivity index (χ3v) is 7.29. The Morgan fingerprint density at radius 3 is 0.781 bits per heavy atom. The van der Waals surface area contributed by atoms with E-state index in [0.717, 1.165) is 12.8 Å². The normalized spacial score (nSPS) is 11.6. The predicted octanol–water partition coefficient (Wildman–Crippen LogP) is 6.31. The summed E-state index contributed by atoms with van der Waals surface area (Å²) >= 11 is 0. The molecule has 0 fully saturated rings. The molecule has 0 aliphatic rings. The summed E-state index contributed by atoms with van der Waals surface area (Å²) in [6.07, 6.45) is 33.3. The molecule has 0 aromatic heterocycles. The number of unbranched alkanes of at least 4 members (excludes halogenated alkanes) is 24. The van der Waals surface area contributed by atoms with Gasteiger partial charge in [-0.2, -0.15) is 0 Å². The van der Waals surface area contributed by atoms with E-state index in [1.165, 1.54) is 141 Å². The Kier molecular flexibility index (Phi) is 32.1. The van der Waals surface area contributed by atoms with E-state index >= 15 is 0 Å². The van der Waals surface area contributed by atoms with Crippen molar-refractivity contribution in [3.8, 4) is 0 Å². The number of hydrogen-bond donors (Lipinski definition) is 0. The monoisotopic (exact) mass is 498 g/mol. The van der Waals surface area contributed by atoms with Gasteiger partial charge in [0.15, 0.2) is 0 Å². The van der Waals surface area contributed by atoms with Gasteiger partial charge in [-0.3, -0.25) is 0 Å². The molecular weight excluding hydrogens is 443 g/mol. The molecule has 0 saturated heterocycles. The summed E-state index contributed by atoms with van der Waals surface area (Å²) in [4.78, 5) is 0. The van der Waals surface area contributed by atoms with E-state index < -0.39 is 10.1 Å². The quantitative estimate of drug-likeness (QED) is 0.0798. The van der Waals surface area contributed by atoms with Crippen molar-refractivity contribution in [2.75, 3.05) is 5.75 Å². The van der Waals surface area contributed by atoms with Crippen molar-refractivity contribution >= 4 is 10.1 Å². The molecule has 32 heavy (non-hydrogen) atoms. The van der Waals surface area contributed by atoms with Crippen LogP contribution in [0.25, 0.3) is 0 Å². The van der Waals surface area contributed by atoms with E-state index in [-0.39, 0.29) is 57.1 Å². The van der Waals surface area contributed by atoms with Crippen molar-refractivity contribution in [3.63, 3.8) is 0 Å². The van der Waals surface area contributed by atoms with Gasteiger partial charge in [-0.05, 0) is 6.42 Å². The summed E-state index contributed by atoms with van der Waals surface area (Å²) in [5.41, 5.74) is 0. The molecule has 0 unspecified atom stereocenters. The van der Waals surface area contributed by atoms with Crippen LogP contribution in [-0.2, 0) is 10.1 Å². The van der Waals surface area contributed by atoms with Gasteiger partial charge in [0.1, 0.15) is 0 Å². The maximum Gasteiger partial charge on any atom is 1.00 e. The molecular formula is C27H55KO3S. The molecule has 3 nitrogen and oxygen atoms in total. The van der Waals surface area contributed by atoms with Crippen molar-refractivity contribution in [1.29, 1.82) is 0 Å². The van der Waals surface area contributed by atoms with Crippen LogP contribution >= 0.6 is 0 Å². The largest absolute Gasteiger partial charge is 1.00 e. The van der Waals surface area contributed by atoms with Crippen molar-refractivity contribution in [1.82, 2.24) is 0 Å². The molecule has 0 aromatic carbocycles. The predicted molar refractivity (Wildman–Crippen MR) is 136 cm³/mol. The zero-order valence-corrected chi connectivity index (χ0v) is 26.0. The van der Waals surface area contributed by atoms with Gasteiger partial charge in [-0.25, -0.2) is 8.42 Å². The van der Waals surface area contributed by atoms with E-state index in [1.807, 2.05) is 0 Å². The topological polar surface area (TPSA) is 57.2 Å². The van der Waals surface area contributed by atoms with Crippen LogP contribution in [0.5, 0.6) is 0 Å². The summed E-state index contributed by atoms with van der Waals surface area (Å²) < 4.78 is 31.5. The Bertz CT molecular complexity index is 440. The van der Waals surface area contributed by atoms with Crippen LogP contribution in [-0.4, -0.2) is 18.7 Å².